The van der Waals surface area contributed by atoms with Gasteiger partial charge in [0.2, 0.25) is 0 Å². The Balaban J connectivity index is 3.02. The van der Waals surface area contributed by atoms with Crippen molar-refractivity contribution in [1.29, 1.82) is 0 Å². The van der Waals surface area contributed by atoms with E-state index in [-0.39, 0.29) is 11.5 Å². The molecular weight excluding hydrogens is 387 g/mol. The predicted molar refractivity (Wildman–Crippen MR) is 49.2 cm³/mol. The van der Waals surface area contributed by atoms with Gasteiger partial charge in [-0.25, -0.2) is 0 Å². The Morgan fingerprint density at radius 2 is 2.13 bits per heavy atom. The van der Waals surface area contributed by atoms with Crippen molar-refractivity contribution in [2.24, 2.45) is 0 Å². The number of carbonyl (C=O) groups is 2. The SMILES string of the molecule is CC(=O)[O][Hg][c]1c(N)cccc1C(=O)O. The van der Waals surface area contributed by atoms with E-state index in [1.807, 2.05) is 0 Å². The minimum absolute atomic E-state index is 0.151. The van der Waals surface area contributed by atoms with Crippen molar-refractivity contribution in [1.82, 2.24) is 0 Å². The average Bonchev–Trinajstić information content (AvgIpc) is 2.15. The number of anilines is 1. The van der Waals surface area contributed by atoms with Crippen LogP contribution in [0.25, 0.3) is 0 Å². The fourth-order valence-electron chi connectivity index (χ4n) is 1.14. The predicted octanol–water partition coefficient (Wildman–Crippen LogP) is 0.153. The maximum atomic E-state index is 10.9. The molecule has 0 unspecified atom stereocenters. The van der Waals surface area contributed by atoms with Crippen molar-refractivity contribution in [3.63, 3.8) is 0 Å². The molecule has 0 radical (unpaired) electrons. The Hall–Kier alpha value is -1.10. The summed E-state index contributed by atoms with van der Waals surface area (Å²) in [6.07, 6.45) is 0. The third-order valence-electron chi connectivity index (χ3n) is 1.86. The number of hydrogen-bond acceptors (Lipinski definition) is 4. The number of rotatable bonds is 3. The fourth-order valence-corrected chi connectivity index (χ4v) is 5.25. The molecule has 76 valence electrons. The number of carboxylic acid groups (broad SMARTS) is 1. The topological polar surface area (TPSA) is 89.6 Å². The second-order valence-corrected chi connectivity index (χ2v) is 7.95. The van der Waals surface area contributed by atoms with E-state index in [4.69, 9.17) is 13.5 Å². The van der Waals surface area contributed by atoms with Crippen LogP contribution < -0.4 is 8.81 Å². The molecule has 0 bridgehead atoms. The van der Waals surface area contributed by atoms with Gasteiger partial charge in [0.15, 0.2) is 0 Å². The molecule has 0 saturated heterocycles. The maximum absolute atomic E-state index is 10.9. The molecule has 0 heterocycles. The van der Waals surface area contributed by atoms with E-state index in [0.29, 0.717) is 8.76 Å². The number of nitrogens with two attached hydrogens (primary N) is 1. The van der Waals surface area contributed by atoms with Gasteiger partial charge in [-0.2, -0.15) is 0 Å². The first-order valence-corrected chi connectivity index (χ1v) is 9.25. The number of carboxylic acids is 1. The molecular formula is C9H9HgNO4. The van der Waals surface area contributed by atoms with Crippen LogP contribution in [0.2, 0.25) is 0 Å². The van der Waals surface area contributed by atoms with Crippen molar-refractivity contribution in [3.8, 4) is 0 Å². The molecule has 6 heteroatoms. The van der Waals surface area contributed by atoms with Crippen LogP contribution in [-0.2, 0) is 32.5 Å². The van der Waals surface area contributed by atoms with E-state index in [0.717, 1.165) is 0 Å². The normalized spacial score (nSPS) is 9.13. The van der Waals surface area contributed by atoms with Gasteiger partial charge in [-0.3, -0.25) is 0 Å². The zero-order chi connectivity index (χ0) is 11.4. The van der Waals surface area contributed by atoms with Gasteiger partial charge in [0, 0.05) is 0 Å². The first-order chi connectivity index (χ1) is 7.02. The molecule has 3 N–H and O–H groups in total. The third kappa shape index (κ3) is 3.19. The van der Waals surface area contributed by atoms with Gasteiger partial charge in [-0.15, -0.1) is 0 Å². The van der Waals surface area contributed by atoms with E-state index in [1.165, 1.54) is 13.0 Å². The van der Waals surface area contributed by atoms with Gasteiger partial charge in [0.1, 0.15) is 0 Å². The molecule has 0 spiro atoms. The molecule has 0 fully saturated rings. The van der Waals surface area contributed by atoms with Crippen LogP contribution in [0.3, 0.4) is 0 Å². The van der Waals surface area contributed by atoms with E-state index in [1.54, 1.807) is 12.1 Å². The van der Waals surface area contributed by atoms with Gasteiger partial charge < -0.3 is 0 Å². The molecule has 0 saturated carbocycles. The molecule has 0 amide bonds. The molecule has 0 aliphatic heterocycles. The zero-order valence-electron chi connectivity index (χ0n) is 8.19. The van der Waals surface area contributed by atoms with Crippen molar-refractivity contribution >= 4 is 20.7 Å². The van der Waals surface area contributed by atoms with Crippen LogP contribution in [0.1, 0.15) is 17.3 Å². The van der Waals surface area contributed by atoms with Gasteiger partial charge in [0.25, 0.3) is 0 Å². The molecule has 0 aromatic heterocycles. The first-order valence-electron chi connectivity index (χ1n) is 4.26. The van der Waals surface area contributed by atoms with Crippen LogP contribution in [0.4, 0.5) is 5.69 Å². The summed E-state index contributed by atoms with van der Waals surface area (Å²) in [7, 11) is 0. The summed E-state index contributed by atoms with van der Waals surface area (Å²) in [5.41, 5.74) is 6.20. The van der Waals surface area contributed by atoms with Crippen molar-refractivity contribution in [2.75, 3.05) is 5.73 Å². The summed E-state index contributed by atoms with van der Waals surface area (Å²) < 4.78 is 5.48. The number of nitrogen functional groups attached to an aromatic ring is 1. The quantitative estimate of drug-likeness (QED) is 0.562. The Morgan fingerprint density at radius 1 is 1.47 bits per heavy atom. The summed E-state index contributed by atoms with van der Waals surface area (Å²) in [5.74, 6) is -1.42. The molecule has 0 aliphatic carbocycles. The number of benzene rings is 1. The van der Waals surface area contributed by atoms with E-state index < -0.39 is 31.0 Å². The second-order valence-electron chi connectivity index (χ2n) is 2.96. The Bertz CT molecular complexity index is 405. The zero-order valence-corrected chi connectivity index (χ0v) is 13.7. The summed E-state index contributed by atoms with van der Waals surface area (Å²) in [6, 6.07) is 4.66. The average molecular weight is 396 g/mol. The molecule has 5 nitrogen and oxygen atoms in total. The summed E-state index contributed by atoms with van der Waals surface area (Å²) in [6.45, 7) is 1.31. The van der Waals surface area contributed by atoms with Crippen molar-refractivity contribution < 1.29 is 42.4 Å². The molecule has 0 atom stereocenters. The standard InChI is InChI=1S/C7H6NO2.C2H4O2.Hg/c8-6-3-1-2-5(4-6)7(9)10;1-2(3)4;/h1-3H,8H2,(H,9,10);1H3,(H,3,4);/q;;+1/p-1. The summed E-state index contributed by atoms with van der Waals surface area (Å²) in [5, 5.41) is 8.89. The molecule has 0 aliphatic rings. The Morgan fingerprint density at radius 3 is 2.67 bits per heavy atom. The van der Waals surface area contributed by atoms with Crippen LogP contribution in [0, 0.1) is 0 Å². The summed E-state index contributed by atoms with van der Waals surface area (Å²) >= 11 is -2.19. The van der Waals surface area contributed by atoms with Crippen molar-refractivity contribution in [2.45, 2.75) is 6.92 Å². The Labute approximate surface area is 99.3 Å². The van der Waals surface area contributed by atoms with Gasteiger partial charge in [-0.05, 0) is 0 Å². The van der Waals surface area contributed by atoms with Crippen LogP contribution in [-0.4, -0.2) is 17.0 Å². The Kier molecular flexibility index (Phi) is 4.08. The fraction of sp³-hybridized carbons (Fsp3) is 0.111. The minimum atomic E-state index is -2.19. The summed E-state index contributed by atoms with van der Waals surface area (Å²) in [4.78, 5) is 21.5. The van der Waals surface area contributed by atoms with Crippen LogP contribution in [0.5, 0.6) is 0 Å². The van der Waals surface area contributed by atoms with Gasteiger partial charge in [0.05, 0.1) is 0 Å². The van der Waals surface area contributed by atoms with Crippen LogP contribution in [0.15, 0.2) is 18.2 Å². The van der Waals surface area contributed by atoms with Gasteiger partial charge >= 0.3 is 99.5 Å². The molecule has 1 aromatic carbocycles. The first kappa shape index (κ1) is 12.0. The molecule has 1 rings (SSSR count). The third-order valence-corrected chi connectivity index (χ3v) is 8.19. The number of aromatic carboxylic acids is 1. The number of hydrogen-bond donors (Lipinski definition) is 2. The monoisotopic (exact) mass is 397 g/mol. The van der Waals surface area contributed by atoms with E-state index >= 15 is 0 Å². The number of carbonyl (C=O) groups excluding carboxylic acids is 1. The van der Waals surface area contributed by atoms with Crippen LogP contribution >= 0.6 is 0 Å². The molecule has 15 heavy (non-hydrogen) atoms. The van der Waals surface area contributed by atoms with E-state index in [9.17, 15) is 9.59 Å². The second kappa shape index (κ2) is 5.11. The van der Waals surface area contributed by atoms with Crippen molar-refractivity contribution in [3.05, 3.63) is 23.8 Å². The molecule has 1 aromatic rings. The van der Waals surface area contributed by atoms with E-state index in [2.05, 4.69) is 0 Å². The van der Waals surface area contributed by atoms with Gasteiger partial charge in [-0.1, -0.05) is 0 Å².